The number of β-lactam (4-membered cyclic amide) rings is 1. The molecular formula is C25H25ClN2O2. The Hall–Kier alpha value is -2.98. The van der Waals surface area contributed by atoms with Crippen LogP contribution in [0.3, 0.4) is 0 Å². The molecule has 1 amide bonds. The number of halogens is 1. The molecule has 0 bridgehead atoms. The Morgan fingerprint density at radius 2 is 1.70 bits per heavy atom. The second kappa shape index (κ2) is 8.80. The highest BCUT2D eigenvalue weighted by Gasteiger charge is 2.50. The van der Waals surface area contributed by atoms with Crippen LogP contribution in [0.5, 0.6) is 5.75 Å². The number of hydrogen-bond donors (Lipinski definition) is 1. The molecule has 30 heavy (non-hydrogen) atoms. The molecule has 3 aromatic rings. The van der Waals surface area contributed by atoms with Gasteiger partial charge in [-0.3, -0.25) is 9.69 Å². The lowest BCUT2D eigenvalue weighted by atomic mass is 9.94. The number of amides is 1. The summed E-state index contributed by atoms with van der Waals surface area (Å²) < 4.78 is 6.06. The van der Waals surface area contributed by atoms with Crippen LogP contribution in [-0.2, 0) is 11.2 Å². The molecule has 1 N–H and O–H groups in total. The number of nitrogens with zero attached hydrogens (tertiary/aromatic N) is 1. The quantitative estimate of drug-likeness (QED) is 0.514. The zero-order valence-electron chi connectivity index (χ0n) is 17.1. The Morgan fingerprint density at radius 1 is 1.00 bits per heavy atom. The molecule has 5 heteroatoms. The highest BCUT2D eigenvalue weighted by molar-refractivity contribution is 6.30. The minimum Gasteiger partial charge on any atom is -0.478 e. The molecule has 0 spiro atoms. The van der Waals surface area contributed by atoms with Crippen molar-refractivity contribution in [3.8, 4) is 5.75 Å². The van der Waals surface area contributed by atoms with Gasteiger partial charge in [-0.25, -0.2) is 0 Å². The summed E-state index contributed by atoms with van der Waals surface area (Å²) in [5, 5.41) is 4.10. The fourth-order valence-corrected chi connectivity index (χ4v) is 3.84. The maximum atomic E-state index is 13.0. The third-order valence-electron chi connectivity index (χ3n) is 5.49. The minimum atomic E-state index is -0.548. The van der Waals surface area contributed by atoms with Gasteiger partial charge in [0, 0.05) is 22.9 Å². The zero-order chi connectivity index (χ0) is 21.1. The molecule has 0 aliphatic carbocycles. The van der Waals surface area contributed by atoms with E-state index in [9.17, 15) is 4.79 Å². The summed E-state index contributed by atoms with van der Waals surface area (Å²) in [4.78, 5) is 14.9. The van der Waals surface area contributed by atoms with Crippen LogP contribution in [0.2, 0.25) is 5.02 Å². The molecule has 4 nitrogen and oxygen atoms in total. The van der Waals surface area contributed by atoms with Gasteiger partial charge >= 0.3 is 0 Å². The Morgan fingerprint density at radius 3 is 2.37 bits per heavy atom. The van der Waals surface area contributed by atoms with Crippen LogP contribution in [0, 0.1) is 6.92 Å². The Kier molecular flexibility index (Phi) is 5.96. The molecule has 1 aliphatic rings. The fraction of sp³-hybridized carbons (Fsp3) is 0.240. The van der Waals surface area contributed by atoms with E-state index in [1.54, 1.807) is 24.3 Å². The van der Waals surface area contributed by atoms with Crippen molar-refractivity contribution in [3.63, 3.8) is 0 Å². The normalized spacial score (nSPS) is 18.1. The number of carbonyl (C=O) groups excluding carboxylic acids is 1. The van der Waals surface area contributed by atoms with Gasteiger partial charge in [0.15, 0.2) is 6.10 Å². The molecule has 0 unspecified atom stereocenters. The standard InChI is InChI=1S/C25H25ClN2O2/c1-3-18-8-12-20(13-9-18)27-16-23-24(30-21-14-10-19(26)11-15-21)25(29)28(23)22-7-5-4-6-17(22)2/h4-15,23-24,27H,3,16H2,1-2H3/t23-,24+/m0/s1. The highest BCUT2D eigenvalue weighted by Crippen LogP contribution is 2.33. The first-order chi connectivity index (χ1) is 14.6. The van der Waals surface area contributed by atoms with Crippen LogP contribution < -0.4 is 15.0 Å². The Labute approximate surface area is 182 Å². The van der Waals surface area contributed by atoms with E-state index in [2.05, 4.69) is 36.5 Å². The monoisotopic (exact) mass is 420 g/mol. The van der Waals surface area contributed by atoms with Gasteiger partial charge in [-0.05, 0) is 66.9 Å². The maximum Gasteiger partial charge on any atom is 0.270 e. The Bertz CT molecular complexity index is 1020. The van der Waals surface area contributed by atoms with Crippen molar-refractivity contribution in [3.05, 3.63) is 88.9 Å². The van der Waals surface area contributed by atoms with E-state index in [1.807, 2.05) is 36.1 Å². The minimum absolute atomic E-state index is 0.0348. The first-order valence-electron chi connectivity index (χ1n) is 10.2. The van der Waals surface area contributed by atoms with E-state index in [1.165, 1.54) is 5.56 Å². The topological polar surface area (TPSA) is 41.6 Å². The van der Waals surface area contributed by atoms with Gasteiger partial charge in [0.1, 0.15) is 11.8 Å². The number of benzene rings is 3. The number of para-hydroxylation sites is 1. The number of nitrogens with one attached hydrogen (secondary N) is 1. The molecule has 1 saturated heterocycles. The van der Waals surface area contributed by atoms with Gasteiger partial charge in [-0.1, -0.05) is 48.9 Å². The van der Waals surface area contributed by atoms with Crippen LogP contribution in [0.15, 0.2) is 72.8 Å². The largest absolute Gasteiger partial charge is 0.478 e. The smallest absolute Gasteiger partial charge is 0.270 e. The molecule has 1 heterocycles. The van der Waals surface area contributed by atoms with E-state index in [0.29, 0.717) is 17.3 Å². The summed E-state index contributed by atoms with van der Waals surface area (Å²) >= 11 is 5.97. The van der Waals surface area contributed by atoms with E-state index in [-0.39, 0.29) is 11.9 Å². The molecule has 1 fully saturated rings. The van der Waals surface area contributed by atoms with Gasteiger partial charge in [0.25, 0.3) is 5.91 Å². The summed E-state index contributed by atoms with van der Waals surface area (Å²) in [6.45, 7) is 4.74. The molecule has 1 aliphatic heterocycles. The second-order valence-corrected chi connectivity index (χ2v) is 7.92. The van der Waals surface area contributed by atoms with Gasteiger partial charge < -0.3 is 10.1 Å². The first-order valence-corrected chi connectivity index (χ1v) is 10.6. The lowest BCUT2D eigenvalue weighted by molar-refractivity contribution is -0.134. The van der Waals surface area contributed by atoms with Crippen molar-refractivity contribution >= 4 is 28.9 Å². The molecule has 4 rings (SSSR count). The van der Waals surface area contributed by atoms with E-state index in [4.69, 9.17) is 16.3 Å². The lowest BCUT2D eigenvalue weighted by Crippen LogP contribution is -2.69. The molecule has 0 saturated carbocycles. The van der Waals surface area contributed by atoms with Crippen LogP contribution in [0.4, 0.5) is 11.4 Å². The van der Waals surface area contributed by atoms with Gasteiger partial charge in [-0.15, -0.1) is 0 Å². The van der Waals surface area contributed by atoms with Crippen molar-refractivity contribution in [1.29, 1.82) is 0 Å². The summed E-state index contributed by atoms with van der Waals surface area (Å²) in [5.41, 5.74) is 4.31. The number of anilines is 2. The molecular weight excluding hydrogens is 396 g/mol. The van der Waals surface area contributed by atoms with Crippen LogP contribution in [0.25, 0.3) is 0 Å². The van der Waals surface area contributed by atoms with Crippen LogP contribution in [-0.4, -0.2) is 24.6 Å². The molecule has 2 atom stereocenters. The summed E-state index contributed by atoms with van der Waals surface area (Å²) in [7, 11) is 0. The number of rotatable bonds is 7. The number of hydrogen-bond acceptors (Lipinski definition) is 3. The predicted molar refractivity (Wildman–Crippen MR) is 123 cm³/mol. The van der Waals surface area contributed by atoms with Crippen molar-refractivity contribution < 1.29 is 9.53 Å². The van der Waals surface area contributed by atoms with E-state index in [0.717, 1.165) is 23.4 Å². The zero-order valence-corrected chi connectivity index (χ0v) is 17.9. The van der Waals surface area contributed by atoms with Crippen molar-refractivity contribution in [2.45, 2.75) is 32.4 Å². The number of ether oxygens (including phenoxy) is 1. The molecule has 0 aromatic heterocycles. The maximum absolute atomic E-state index is 13.0. The third kappa shape index (κ3) is 4.14. The highest BCUT2D eigenvalue weighted by atomic mass is 35.5. The SMILES string of the molecule is CCc1ccc(NC[C@H]2[C@@H](Oc3ccc(Cl)cc3)C(=O)N2c2ccccc2C)cc1. The van der Waals surface area contributed by atoms with Crippen LogP contribution >= 0.6 is 11.6 Å². The predicted octanol–water partition coefficient (Wildman–Crippen LogP) is 5.49. The van der Waals surface area contributed by atoms with Gasteiger partial charge in [0.2, 0.25) is 0 Å². The molecule has 0 radical (unpaired) electrons. The van der Waals surface area contributed by atoms with Crippen molar-refractivity contribution in [2.75, 3.05) is 16.8 Å². The lowest BCUT2D eigenvalue weighted by Gasteiger charge is -2.47. The average Bonchev–Trinajstić information content (AvgIpc) is 2.77. The van der Waals surface area contributed by atoms with Crippen molar-refractivity contribution in [2.24, 2.45) is 0 Å². The third-order valence-corrected chi connectivity index (χ3v) is 5.74. The van der Waals surface area contributed by atoms with E-state index < -0.39 is 6.10 Å². The van der Waals surface area contributed by atoms with Crippen molar-refractivity contribution in [1.82, 2.24) is 0 Å². The molecule has 154 valence electrons. The number of carbonyl (C=O) groups is 1. The van der Waals surface area contributed by atoms with Gasteiger partial charge in [0.05, 0.1) is 0 Å². The second-order valence-electron chi connectivity index (χ2n) is 7.49. The molecule has 3 aromatic carbocycles. The average molecular weight is 421 g/mol. The van der Waals surface area contributed by atoms with E-state index >= 15 is 0 Å². The Balaban J connectivity index is 1.54. The first kappa shape index (κ1) is 20.3. The van der Waals surface area contributed by atoms with Gasteiger partial charge in [-0.2, -0.15) is 0 Å². The summed E-state index contributed by atoms with van der Waals surface area (Å²) in [6.07, 6.45) is 0.461. The summed E-state index contributed by atoms with van der Waals surface area (Å²) in [6, 6.07) is 23.3. The number of aryl methyl sites for hydroxylation is 2. The fourth-order valence-electron chi connectivity index (χ4n) is 3.72. The summed E-state index contributed by atoms with van der Waals surface area (Å²) in [5.74, 6) is 0.604. The van der Waals surface area contributed by atoms with Crippen LogP contribution in [0.1, 0.15) is 18.1 Å².